The van der Waals surface area contributed by atoms with Crippen molar-refractivity contribution >= 4 is 65.4 Å². The fraction of sp³-hybridized carbons (Fsp3) is 0.0159. The summed E-state index contributed by atoms with van der Waals surface area (Å²) in [6, 6.07) is 84.4. The molecule has 0 aliphatic heterocycles. The Bertz CT molecular complexity index is 3850. The van der Waals surface area contributed by atoms with Crippen molar-refractivity contribution in [3.8, 4) is 44.5 Å². The van der Waals surface area contributed by atoms with Crippen LogP contribution in [0.5, 0.6) is 0 Å². The molecule has 302 valence electrons. The minimum atomic E-state index is -0.523. The zero-order valence-electron chi connectivity index (χ0n) is 35.3. The molecule has 0 saturated carbocycles. The molecule has 2 nitrogen and oxygen atoms in total. The second-order valence-electron chi connectivity index (χ2n) is 17.5. The van der Waals surface area contributed by atoms with Gasteiger partial charge >= 0.3 is 0 Å². The van der Waals surface area contributed by atoms with Gasteiger partial charge in [0, 0.05) is 21.5 Å². The molecule has 1 aliphatic carbocycles. The normalized spacial score (nSPS) is 13.0. The Morgan fingerprint density at radius 2 is 0.692 bits per heavy atom. The first-order valence-corrected chi connectivity index (χ1v) is 22.4. The predicted molar refractivity (Wildman–Crippen MR) is 270 cm³/mol. The van der Waals surface area contributed by atoms with E-state index in [9.17, 15) is 0 Å². The van der Waals surface area contributed by atoms with E-state index in [1.165, 1.54) is 66.1 Å². The number of benzene rings is 11. The molecule has 1 aliphatic rings. The minimum absolute atomic E-state index is 0.523. The monoisotopic (exact) mass is 826 g/mol. The third-order valence-electron chi connectivity index (χ3n) is 14.2. The Kier molecular flexibility index (Phi) is 7.64. The second-order valence-corrected chi connectivity index (χ2v) is 17.5. The maximum absolute atomic E-state index is 6.48. The van der Waals surface area contributed by atoms with Crippen molar-refractivity contribution in [1.29, 1.82) is 0 Å². The summed E-state index contributed by atoms with van der Waals surface area (Å²) in [5, 5.41) is 9.28. The van der Waals surface area contributed by atoms with Gasteiger partial charge in [-0.25, -0.2) is 0 Å². The van der Waals surface area contributed by atoms with Crippen molar-refractivity contribution in [1.82, 2.24) is 0 Å². The Morgan fingerprint density at radius 3 is 1.28 bits per heavy atom. The SMILES string of the molecule is c1ccc(C2(c3ccccc3)c3ccccc3-c3ccc(-c4c5cccc(-c6ccc7c(c6)oc6ccccc67)c5cc5c(-c6ccc7c(c6)oc6ccccc67)cccc45)cc32)cc1. The zero-order valence-corrected chi connectivity index (χ0v) is 35.3. The van der Waals surface area contributed by atoms with Gasteiger partial charge in [-0.05, 0) is 137 Å². The molecule has 0 bridgehead atoms. The summed E-state index contributed by atoms with van der Waals surface area (Å²) in [6.07, 6.45) is 0. The quantitative estimate of drug-likeness (QED) is 0.162. The number of rotatable bonds is 5. The molecule has 0 N–H and O–H groups in total. The van der Waals surface area contributed by atoms with Crippen LogP contribution in [0.15, 0.2) is 239 Å². The predicted octanol–water partition coefficient (Wildman–Crippen LogP) is 17.2. The number of para-hydroxylation sites is 2. The lowest BCUT2D eigenvalue weighted by molar-refractivity contribution is 0.668. The fourth-order valence-electron chi connectivity index (χ4n) is 11.4. The second kappa shape index (κ2) is 13.8. The molecule has 13 aromatic rings. The van der Waals surface area contributed by atoms with Crippen molar-refractivity contribution in [2.45, 2.75) is 5.41 Å². The van der Waals surface area contributed by atoms with E-state index >= 15 is 0 Å². The highest BCUT2D eigenvalue weighted by molar-refractivity contribution is 6.20. The highest BCUT2D eigenvalue weighted by Crippen LogP contribution is 2.57. The summed E-state index contributed by atoms with van der Waals surface area (Å²) in [7, 11) is 0. The van der Waals surface area contributed by atoms with Crippen LogP contribution in [0.2, 0.25) is 0 Å². The molecule has 0 spiro atoms. The van der Waals surface area contributed by atoms with Crippen molar-refractivity contribution < 1.29 is 8.83 Å². The van der Waals surface area contributed by atoms with Gasteiger partial charge in [0.05, 0.1) is 5.41 Å². The van der Waals surface area contributed by atoms with Crippen molar-refractivity contribution in [2.24, 2.45) is 0 Å². The van der Waals surface area contributed by atoms with E-state index in [-0.39, 0.29) is 0 Å². The van der Waals surface area contributed by atoms with Crippen LogP contribution in [0.4, 0.5) is 0 Å². The Labute approximate surface area is 375 Å². The highest BCUT2D eigenvalue weighted by Gasteiger charge is 2.46. The molecule has 0 unspecified atom stereocenters. The van der Waals surface area contributed by atoms with E-state index in [1.54, 1.807) is 0 Å². The highest BCUT2D eigenvalue weighted by atomic mass is 16.3. The Morgan fingerprint density at radius 1 is 0.246 bits per heavy atom. The average molecular weight is 827 g/mol. The molecule has 0 fully saturated rings. The molecule has 2 aromatic heterocycles. The van der Waals surface area contributed by atoms with Gasteiger partial charge in [0.1, 0.15) is 22.3 Å². The van der Waals surface area contributed by atoms with Gasteiger partial charge in [-0.1, -0.05) is 182 Å². The minimum Gasteiger partial charge on any atom is -0.456 e. The van der Waals surface area contributed by atoms with E-state index in [1.807, 2.05) is 12.1 Å². The molecular formula is C63H38O2. The van der Waals surface area contributed by atoms with Gasteiger partial charge in [-0.2, -0.15) is 0 Å². The summed E-state index contributed by atoms with van der Waals surface area (Å²) in [5.41, 5.74) is 17.6. The van der Waals surface area contributed by atoms with Crippen LogP contribution in [0.3, 0.4) is 0 Å². The molecule has 11 aromatic carbocycles. The summed E-state index contributed by atoms with van der Waals surface area (Å²) < 4.78 is 13.0. The largest absolute Gasteiger partial charge is 0.456 e. The number of furan rings is 2. The van der Waals surface area contributed by atoms with Gasteiger partial charge in [0.25, 0.3) is 0 Å². The van der Waals surface area contributed by atoms with E-state index < -0.39 is 5.41 Å². The standard InChI is InChI=1S/C63H38O2/c1-3-15-42(16-4-1)63(43-17-5-2-6-18-43)56-26-10-7-19-46(56)47-32-31-41(35-57(47)63)62-52-24-13-22-44(39-29-33-50-48-20-8-11-27-58(48)64-60(50)36-39)54(52)38-55-45(23-14-25-53(55)62)40-30-34-51-49-21-9-12-28-59(49)65-61(51)37-40/h1-38H. The van der Waals surface area contributed by atoms with Crippen LogP contribution < -0.4 is 0 Å². The summed E-state index contributed by atoms with van der Waals surface area (Å²) in [6.45, 7) is 0. The van der Waals surface area contributed by atoms with Crippen LogP contribution in [0, 0.1) is 0 Å². The fourth-order valence-corrected chi connectivity index (χ4v) is 11.4. The molecule has 14 rings (SSSR count). The Balaban J connectivity index is 1.07. The van der Waals surface area contributed by atoms with E-state index in [0.29, 0.717) is 0 Å². The van der Waals surface area contributed by atoms with E-state index in [0.717, 1.165) is 66.1 Å². The average Bonchev–Trinajstić information content (AvgIpc) is 4.03. The first kappa shape index (κ1) is 36.1. The Hall–Kier alpha value is -8.46. The van der Waals surface area contributed by atoms with Crippen LogP contribution in [0.1, 0.15) is 22.3 Å². The van der Waals surface area contributed by atoms with Crippen LogP contribution in [-0.2, 0) is 5.41 Å². The van der Waals surface area contributed by atoms with Gasteiger partial charge < -0.3 is 8.83 Å². The summed E-state index contributed by atoms with van der Waals surface area (Å²) in [5.74, 6) is 0. The third-order valence-corrected chi connectivity index (χ3v) is 14.2. The van der Waals surface area contributed by atoms with Gasteiger partial charge in [-0.3, -0.25) is 0 Å². The first-order valence-electron chi connectivity index (χ1n) is 22.4. The molecule has 2 heterocycles. The lowest BCUT2D eigenvalue weighted by atomic mass is 9.67. The summed E-state index contributed by atoms with van der Waals surface area (Å²) in [4.78, 5) is 0. The molecule has 2 heteroatoms. The van der Waals surface area contributed by atoms with Gasteiger partial charge in [0.15, 0.2) is 0 Å². The molecular weight excluding hydrogens is 789 g/mol. The summed E-state index contributed by atoms with van der Waals surface area (Å²) >= 11 is 0. The molecule has 0 radical (unpaired) electrons. The van der Waals surface area contributed by atoms with Crippen LogP contribution >= 0.6 is 0 Å². The van der Waals surface area contributed by atoms with Crippen molar-refractivity contribution in [3.63, 3.8) is 0 Å². The number of hydrogen-bond acceptors (Lipinski definition) is 2. The molecule has 65 heavy (non-hydrogen) atoms. The van der Waals surface area contributed by atoms with E-state index in [2.05, 4.69) is 218 Å². The molecule has 0 amide bonds. The maximum atomic E-state index is 6.48. The lowest BCUT2D eigenvalue weighted by Crippen LogP contribution is -2.28. The van der Waals surface area contributed by atoms with Crippen LogP contribution in [0.25, 0.3) is 110 Å². The number of fused-ring (bicyclic) bond motifs is 11. The maximum Gasteiger partial charge on any atom is 0.136 e. The van der Waals surface area contributed by atoms with Gasteiger partial charge in [-0.15, -0.1) is 0 Å². The first-order chi connectivity index (χ1) is 32.2. The number of hydrogen-bond donors (Lipinski definition) is 0. The topological polar surface area (TPSA) is 26.3 Å². The zero-order chi connectivity index (χ0) is 42.6. The van der Waals surface area contributed by atoms with Crippen molar-refractivity contribution in [3.05, 3.63) is 253 Å². The molecule has 0 saturated heterocycles. The van der Waals surface area contributed by atoms with E-state index in [4.69, 9.17) is 8.83 Å². The van der Waals surface area contributed by atoms with Crippen molar-refractivity contribution in [2.75, 3.05) is 0 Å². The smallest absolute Gasteiger partial charge is 0.136 e. The molecule has 0 atom stereocenters. The van der Waals surface area contributed by atoms with Crippen LogP contribution in [-0.4, -0.2) is 0 Å². The van der Waals surface area contributed by atoms with Gasteiger partial charge in [0.2, 0.25) is 0 Å². The third kappa shape index (κ3) is 5.17. The lowest BCUT2D eigenvalue weighted by Gasteiger charge is -2.34.